The van der Waals surface area contributed by atoms with Gasteiger partial charge in [0.2, 0.25) is 0 Å². The second kappa shape index (κ2) is 5.01. The zero-order chi connectivity index (χ0) is 14.0. The Bertz CT molecular complexity index is 585. The van der Waals surface area contributed by atoms with E-state index in [0.29, 0.717) is 5.82 Å². The Kier molecular flexibility index (Phi) is 3.41. The zero-order valence-electron chi connectivity index (χ0n) is 10.7. The first-order valence-electron chi connectivity index (χ1n) is 5.85. The Morgan fingerprint density at radius 3 is 2.47 bits per heavy atom. The second-order valence-electron chi connectivity index (χ2n) is 4.45. The van der Waals surface area contributed by atoms with Gasteiger partial charge in [0.05, 0.1) is 6.20 Å². The molecule has 0 fully saturated rings. The van der Waals surface area contributed by atoms with Crippen molar-refractivity contribution < 1.29 is 15.0 Å². The SMILES string of the molecule is CC(C)n1nccc1NC(=O)c1cc(O)cc(O)c1. The summed E-state index contributed by atoms with van der Waals surface area (Å²) in [4.78, 5) is 12.0. The van der Waals surface area contributed by atoms with Crippen LogP contribution in [-0.2, 0) is 0 Å². The van der Waals surface area contributed by atoms with Crippen LogP contribution in [-0.4, -0.2) is 25.9 Å². The largest absolute Gasteiger partial charge is 0.508 e. The van der Waals surface area contributed by atoms with Gasteiger partial charge in [0.1, 0.15) is 17.3 Å². The maximum atomic E-state index is 12.0. The van der Waals surface area contributed by atoms with Gasteiger partial charge in [-0.05, 0) is 26.0 Å². The summed E-state index contributed by atoms with van der Waals surface area (Å²) in [7, 11) is 0. The molecule has 0 aliphatic rings. The highest BCUT2D eigenvalue weighted by Gasteiger charge is 2.12. The molecule has 0 saturated heterocycles. The molecule has 0 radical (unpaired) electrons. The van der Waals surface area contributed by atoms with E-state index >= 15 is 0 Å². The third kappa shape index (κ3) is 2.85. The highest BCUT2D eigenvalue weighted by molar-refractivity contribution is 6.04. The number of rotatable bonds is 3. The molecular weight excluding hydrogens is 246 g/mol. The van der Waals surface area contributed by atoms with Crippen LogP contribution >= 0.6 is 0 Å². The van der Waals surface area contributed by atoms with Gasteiger partial charge >= 0.3 is 0 Å². The first kappa shape index (κ1) is 12.9. The Labute approximate surface area is 110 Å². The number of carbonyl (C=O) groups excluding carboxylic acids is 1. The highest BCUT2D eigenvalue weighted by atomic mass is 16.3. The summed E-state index contributed by atoms with van der Waals surface area (Å²) in [5.41, 5.74) is 0.175. The third-order valence-corrected chi connectivity index (χ3v) is 2.57. The predicted octanol–water partition coefficient (Wildman–Crippen LogP) is 2.13. The summed E-state index contributed by atoms with van der Waals surface area (Å²) in [6, 6.07) is 5.52. The number of phenols is 2. The van der Waals surface area contributed by atoms with Gasteiger partial charge < -0.3 is 15.5 Å². The van der Waals surface area contributed by atoms with Crippen LogP contribution in [0.4, 0.5) is 5.82 Å². The van der Waals surface area contributed by atoms with Gasteiger partial charge in [-0.15, -0.1) is 0 Å². The standard InChI is InChI=1S/C13H15N3O3/c1-8(2)16-12(3-4-14-16)15-13(19)9-5-10(17)7-11(18)6-9/h3-8,17-18H,1-2H3,(H,15,19). The van der Waals surface area contributed by atoms with E-state index in [2.05, 4.69) is 10.4 Å². The number of amides is 1. The van der Waals surface area contributed by atoms with Gasteiger partial charge in [0.25, 0.3) is 5.91 Å². The van der Waals surface area contributed by atoms with Gasteiger partial charge in [-0.1, -0.05) is 0 Å². The number of benzene rings is 1. The predicted molar refractivity (Wildman–Crippen MR) is 70.3 cm³/mol. The monoisotopic (exact) mass is 261 g/mol. The lowest BCUT2D eigenvalue weighted by atomic mass is 10.2. The Hall–Kier alpha value is -2.50. The molecule has 0 unspecified atom stereocenters. The fourth-order valence-corrected chi connectivity index (χ4v) is 1.74. The highest BCUT2D eigenvalue weighted by Crippen LogP contribution is 2.21. The number of hydrogen-bond acceptors (Lipinski definition) is 4. The lowest BCUT2D eigenvalue weighted by Crippen LogP contribution is -2.16. The topological polar surface area (TPSA) is 87.4 Å². The second-order valence-corrected chi connectivity index (χ2v) is 4.45. The molecule has 0 aliphatic heterocycles. The van der Waals surface area contributed by atoms with Crippen molar-refractivity contribution in [3.05, 3.63) is 36.0 Å². The fourth-order valence-electron chi connectivity index (χ4n) is 1.74. The molecule has 0 saturated carbocycles. The van der Waals surface area contributed by atoms with E-state index in [1.54, 1.807) is 16.9 Å². The maximum absolute atomic E-state index is 12.0. The van der Waals surface area contributed by atoms with Crippen molar-refractivity contribution >= 4 is 11.7 Å². The van der Waals surface area contributed by atoms with Crippen molar-refractivity contribution in [2.75, 3.05) is 5.32 Å². The van der Waals surface area contributed by atoms with Crippen molar-refractivity contribution in [2.24, 2.45) is 0 Å². The van der Waals surface area contributed by atoms with Crippen LogP contribution in [0.25, 0.3) is 0 Å². The van der Waals surface area contributed by atoms with Crippen molar-refractivity contribution in [1.29, 1.82) is 0 Å². The van der Waals surface area contributed by atoms with E-state index in [1.165, 1.54) is 12.1 Å². The number of aromatic nitrogens is 2. The summed E-state index contributed by atoms with van der Waals surface area (Å²) >= 11 is 0. The molecule has 0 aliphatic carbocycles. The van der Waals surface area contributed by atoms with E-state index in [0.717, 1.165) is 6.07 Å². The van der Waals surface area contributed by atoms with Gasteiger partial charge in [-0.2, -0.15) is 5.10 Å². The molecular formula is C13H15N3O3. The molecule has 2 aromatic rings. The van der Waals surface area contributed by atoms with Crippen LogP contribution in [0.2, 0.25) is 0 Å². The molecule has 1 heterocycles. The summed E-state index contributed by atoms with van der Waals surface area (Å²) in [5.74, 6) is -0.193. The smallest absolute Gasteiger partial charge is 0.257 e. The van der Waals surface area contributed by atoms with Gasteiger partial charge in [-0.3, -0.25) is 4.79 Å². The molecule has 1 aromatic carbocycles. The molecule has 2 rings (SSSR count). The van der Waals surface area contributed by atoms with Crippen LogP contribution in [0.15, 0.2) is 30.5 Å². The summed E-state index contributed by atoms with van der Waals surface area (Å²) in [5, 5.41) is 25.5. The molecule has 6 heteroatoms. The van der Waals surface area contributed by atoms with Crippen molar-refractivity contribution in [3.8, 4) is 11.5 Å². The average Bonchev–Trinajstić information content (AvgIpc) is 2.75. The molecule has 3 N–H and O–H groups in total. The van der Waals surface area contributed by atoms with E-state index in [9.17, 15) is 15.0 Å². The lowest BCUT2D eigenvalue weighted by Gasteiger charge is -2.12. The van der Waals surface area contributed by atoms with Crippen molar-refractivity contribution in [2.45, 2.75) is 19.9 Å². The van der Waals surface area contributed by atoms with Crippen LogP contribution in [0.1, 0.15) is 30.2 Å². The van der Waals surface area contributed by atoms with Crippen LogP contribution in [0.5, 0.6) is 11.5 Å². The number of carbonyl (C=O) groups is 1. The Morgan fingerprint density at radius 1 is 1.26 bits per heavy atom. The van der Waals surface area contributed by atoms with Gasteiger partial charge in [0.15, 0.2) is 0 Å². The van der Waals surface area contributed by atoms with Crippen molar-refractivity contribution in [1.82, 2.24) is 9.78 Å². The quantitative estimate of drug-likeness (QED) is 0.789. The van der Waals surface area contributed by atoms with Gasteiger partial charge in [0, 0.05) is 23.7 Å². The Morgan fingerprint density at radius 2 is 1.89 bits per heavy atom. The minimum atomic E-state index is -0.423. The van der Waals surface area contributed by atoms with E-state index < -0.39 is 5.91 Å². The van der Waals surface area contributed by atoms with E-state index in [-0.39, 0.29) is 23.1 Å². The van der Waals surface area contributed by atoms with Gasteiger partial charge in [-0.25, -0.2) is 4.68 Å². The third-order valence-electron chi connectivity index (χ3n) is 2.57. The lowest BCUT2D eigenvalue weighted by molar-refractivity contribution is 0.102. The summed E-state index contributed by atoms with van der Waals surface area (Å²) in [6.45, 7) is 3.89. The van der Waals surface area contributed by atoms with E-state index in [4.69, 9.17) is 0 Å². The van der Waals surface area contributed by atoms with E-state index in [1.807, 2.05) is 13.8 Å². The molecule has 1 aromatic heterocycles. The number of phenolic OH excluding ortho intramolecular Hbond substituents is 2. The molecule has 6 nitrogen and oxygen atoms in total. The molecule has 1 amide bonds. The maximum Gasteiger partial charge on any atom is 0.257 e. The normalized spacial score (nSPS) is 10.7. The van der Waals surface area contributed by atoms with Crippen LogP contribution < -0.4 is 5.32 Å². The molecule has 0 atom stereocenters. The Balaban J connectivity index is 2.23. The number of hydrogen-bond donors (Lipinski definition) is 3. The minimum Gasteiger partial charge on any atom is -0.508 e. The minimum absolute atomic E-state index is 0.114. The molecule has 0 bridgehead atoms. The average molecular weight is 261 g/mol. The van der Waals surface area contributed by atoms with Crippen LogP contribution in [0, 0.1) is 0 Å². The molecule has 0 spiro atoms. The molecule has 100 valence electrons. The first-order chi connectivity index (χ1) is 8.97. The number of nitrogens with zero attached hydrogens (tertiary/aromatic N) is 2. The number of aromatic hydroxyl groups is 2. The zero-order valence-corrected chi connectivity index (χ0v) is 10.7. The molecule has 19 heavy (non-hydrogen) atoms. The summed E-state index contributed by atoms with van der Waals surface area (Å²) < 4.78 is 1.67. The number of nitrogens with one attached hydrogen (secondary N) is 1. The van der Waals surface area contributed by atoms with Crippen molar-refractivity contribution in [3.63, 3.8) is 0 Å². The van der Waals surface area contributed by atoms with Crippen LogP contribution in [0.3, 0.4) is 0 Å². The number of anilines is 1. The first-order valence-corrected chi connectivity index (χ1v) is 5.85. The summed E-state index contributed by atoms with van der Waals surface area (Å²) in [6.07, 6.45) is 1.59. The fraction of sp³-hybridized carbons (Fsp3) is 0.231.